The lowest BCUT2D eigenvalue weighted by Gasteiger charge is -2.06. The lowest BCUT2D eigenvalue weighted by molar-refractivity contribution is -0.115. The van der Waals surface area contributed by atoms with Crippen molar-refractivity contribution in [2.24, 2.45) is 0 Å². The molecule has 1 amide bonds. The molecule has 0 unspecified atom stereocenters. The average molecular weight is 362 g/mol. The van der Waals surface area contributed by atoms with Gasteiger partial charge in [-0.25, -0.2) is 9.97 Å². The van der Waals surface area contributed by atoms with Gasteiger partial charge < -0.3 is 5.32 Å². The summed E-state index contributed by atoms with van der Waals surface area (Å²) >= 11 is 1.54. The Morgan fingerprint density at radius 3 is 2.77 bits per heavy atom. The second-order valence-electron chi connectivity index (χ2n) is 6.27. The number of thiazole rings is 1. The number of rotatable bonds is 4. The Bertz CT molecular complexity index is 1080. The smallest absolute Gasteiger partial charge is 0.231 e. The summed E-state index contributed by atoms with van der Waals surface area (Å²) in [5.41, 5.74) is 5.07. The van der Waals surface area contributed by atoms with Gasteiger partial charge in [0, 0.05) is 29.0 Å². The van der Waals surface area contributed by atoms with Crippen molar-refractivity contribution in [3.05, 3.63) is 71.0 Å². The van der Waals surface area contributed by atoms with Gasteiger partial charge in [0.25, 0.3) is 0 Å². The van der Waals surface area contributed by atoms with Crippen LogP contribution in [-0.4, -0.2) is 20.3 Å². The van der Waals surface area contributed by atoms with E-state index in [0.29, 0.717) is 5.82 Å². The molecule has 26 heavy (non-hydrogen) atoms. The van der Waals surface area contributed by atoms with E-state index in [-0.39, 0.29) is 12.3 Å². The molecule has 3 aromatic heterocycles. The van der Waals surface area contributed by atoms with Gasteiger partial charge in [-0.1, -0.05) is 35.9 Å². The van der Waals surface area contributed by atoms with Gasteiger partial charge in [-0.05, 0) is 25.5 Å². The number of carbonyl (C=O) groups is 1. The van der Waals surface area contributed by atoms with Crippen molar-refractivity contribution in [3.63, 3.8) is 0 Å². The number of pyridine rings is 1. The minimum absolute atomic E-state index is 0.0860. The predicted molar refractivity (Wildman–Crippen MR) is 105 cm³/mol. The second kappa shape index (κ2) is 6.72. The first-order valence-corrected chi connectivity index (χ1v) is 9.22. The Labute approximate surface area is 155 Å². The molecule has 4 aromatic rings. The van der Waals surface area contributed by atoms with Gasteiger partial charge in [0.1, 0.15) is 5.82 Å². The standard InChI is InChI=1S/C20H18N4OS/c1-13-5-7-15(8-6-13)17-11-24-16(12-26-20(24)22-17)10-18(25)23-19-14(2)4-3-9-21-19/h3-9,11-12H,10H2,1-2H3,(H,21,23,25). The monoisotopic (exact) mass is 362 g/mol. The van der Waals surface area contributed by atoms with Gasteiger partial charge in [0.2, 0.25) is 5.91 Å². The molecular weight excluding hydrogens is 344 g/mol. The van der Waals surface area contributed by atoms with Gasteiger partial charge in [-0.15, -0.1) is 11.3 Å². The van der Waals surface area contributed by atoms with E-state index < -0.39 is 0 Å². The number of aryl methyl sites for hydroxylation is 2. The maximum absolute atomic E-state index is 12.4. The van der Waals surface area contributed by atoms with Crippen LogP contribution in [0.3, 0.4) is 0 Å². The topological polar surface area (TPSA) is 59.3 Å². The third kappa shape index (κ3) is 3.23. The molecular formula is C20H18N4OS. The summed E-state index contributed by atoms with van der Waals surface area (Å²) < 4.78 is 1.99. The Morgan fingerprint density at radius 1 is 1.19 bits per heavy atom. The van der Waals surface area contributed by atoms with E-state index >= 15 is 0 Å². The molecule has 0 atom stereocenters. The third-order valence-electron chi connectivity index (χ3n) is 4.24. The molecule has 1 N–H and O–H groups in total. The van der Waals surface area contributed by atoms with Crippen LogP contribution in [-0.2, 0) is 11.2 Å². The first-order valence-electron chi connectivity index (χ1n) is 8.34. The molecule has 0 aliphatic heterocycles. The number of nitrogens with zero attached hydrogens (tertiary/aromatic N) is 3. The normalized spacial score (nSPS) is 11.0. The minimum Gasteiger partial charge on any atom is -0.310 e. The summed E-state index contributed by atoms with van der Waals surface area (Å²) in [6, 6.07) is 12.1. The van der Waals surface area contributed by atoms with E-state index in [1.165, 1.54) is 5.56 Å². The van der Waals surface area contributed by atoms with Crippen LogP contribution in [0.15, 0.2) is 54.2 Å². The molecule has 0 fully saturated rings. The number of anilines is 1. The molecule has 0 aliphatic carbocycles. The average Bonchev–Trinajstić information content (AvgIpc) is 3.20. The maximum Gasteiger partial charge on any atom is 0.231 e. The number of imidazole rings is 1. The number of aromatic nitrogens is 3. The number of benzene rings is 1. The molecule has 4 rings (SSSR count). The van der Waals surface area contributed by atoms with Crippen LogP contribution >= 0.6 is 11.3 Å². The molecule has 0 radical (unpaired) electrons. The number of hydrogen-bond donors (Lipinski definition) is 1. The van der Waals surface area contributed by atoms with Crippen LogP contribution in [0.25, 0.3) is 16.2 Å². The van der Waals surface area contributed by atoms with E-state index in [9.17, 15) is 4.79 Å². The van der Waals surface area contributed by atoms with Gasteiger partial charge in [-0.3, -0.25) is 9.20 Å². The van der Waals surface area contributed by atoms with Crippen molar-refractivity contribution in [1.82, 2.24) is 14.4 Å². The van der Waals surface area contributed by atoms with Crippen molar-refractivity contribution in [3.8, 4) is 11.3 Å². The van der Waals surface area contributed by atoms with Gasteiger partial charge >= 0.3 is 0 Å². The van der Waals surface area contributed by atoms with Crippen molar-refractivity contribution < 1.29 is 4.79 Å². The molecule has 6 heteroatoms. The number of amides is 1. The summed E-state index contributed by atoms with van der Waals surface area (Å²) in [6.45, 7) is 3.99. The first-order chi connectivity index (χ1) is 12.6. The zero-order valence-corrected chi connectivity index (χ0v) is 15.4. The Balaban J connectivity index is 1.56. The molecule has 0 spiro atoms. The molecule has 130 valence electrons. The van der Waals surface area contributed by atoms with Crippen LogP contribution in [0.4, 0.5) is 5.82 Å². The fourth-order valence-corrected chi connectivity index (χ4v) is 3.65. The highest BCUT2D eigenvalue weighted by atomic mass is 32.1. The molecule has 5 nitrogen and oxygen atoms in total. The van der Waals surface area contributed by atoms with Crippen molar-refractivity contribution >= 4 is 28.0 Å². The van der Waals surface area contributed by atoms with Crippen LogP contribution in [0, 0.1) is 13.8 Å². The number of fused-ring (bicyclic) bond motifs is 1. The zero-order valence-electron chi connectivity index (χ0n) is 14.6. The molecule has 1 aromatic carbocycles. The quantitative estimate of drug-likeness (QED) is 0.590. The molecule has 0 saturated carbocycles. The molecule has 3 heterocycles. The van der Waals surface area contributed by atoms with E-state index in [2.05, 4.69) is 46.5 Å². The lowest BCUT2D eigenvalue weighted by atomic mass is 10.1. The first kappa shape index (κ1) is 16.5. The fourth-order valence-electron chi connectivity index (χ4n) is 2.78. The van der Waals surface area contributed by atoms with Crippen LogP contribution in [0.1, 0.15) is 16.8 Å². The Kier molecular flexibility index (Phi) is 4.26. The lowest BCUT2D eigenvalue weighted by Crippen LogP contribution is -2.16. The molecule has 0 aliphatic rings. The maximum atomic E-state index is 12.4. The van der Waals surface area contributed by atoms with Crippen LogP contribution in [0.5, 0.6) is 0 Å². The highest BCUT2D eigenvalue weighted by Crippen LogP contribution is 2.24. The second-order valence-corrected chi connectivity index (χ2v) is 7.10. The van der Waals surface area contributed by atoms with Crippen molar-refractivity contribution in [1.29, 1.82) is 0 Å². The summed E-state index contributed by atoms with van der Waals surface area (Å²) in [5.74, 6) is 0.520. The largest absolute Gasteiger partial charge is 0.310 e. The number of nitrogens with one attached hydrogen (secondary N) is 1. The number of carbonyl (C=O) groups excluding carboxylic acids is 1. The van der Waals surface area contributed by atoms with Gasteiger partial charge in [0.05, 0.1) is 12.1 Å². The Hall–Kier alpha value is -2.99. The Morgan fingerprint density at radius 2 is 2.00 bits per heavy atom. The summed E-state index contributed by atoms with van der Waals surface area (Å²) in [7, 11) is 0. The molecule has 0 bridgehead atoms. The summed E-state index contributed by atoms with van der Waals surface area (Å²) in [6.07, 6.45) is 3.94. The SMILES string of the molecule is Cc1ccc(-c2cn3c(CC(=O)Nc4ncccc4C)csc3n2)cc1. The van der Waals surface area contributed by atoms with Crippen LogP contribution < -0.4 is 5.32 Å². The summed E-state index contributed by atoms with van der Waals surface area (Å²) in [5, 5.41) is 4.86. The highest BCUT2D eigenvalue weighted by molar-refractivity contribution is 7.15. The van der Waals surface area contributed by atoms with E-state index in [1.54, 1.807) is 17.5 Å². The van der Waals surface area contributed by atoms with Crippen molar-refractivity contribution in [2.45, 2.75) is 20.3 Å². The zero-order chi connectivity index (χ0) is 18.1. The van der Waals surface area contributed by atoms with Gasteiger partial charge in [0.15, 0.2) is 4.96 Å². The van der Waals surface area contributed by atoms with E-state index in [4.69, 9.17) is 0 Å². The van der Waals surface area contributed by atoms with Crippen molar-refractivity contribution in [2.75, 3.05) is 5.32 Å². The van der Waals surface area contributed by atoms with E-state index in [1.807, 2.05) is 35.0 Å². The predicted octanol–water partition coefficient (Wildman–Crippen LogP) is 4.26. The number of hydrogen-bond acceptors (Lipinski definition) is 4. The summed E-state index contributed by atoms with van der Waals surface area (Å²) in [4.78, 5) is 22.2. The fraction of sp³-hybridized carbons (Fsp3) is 0.150. The highest BCUT2D eigenvalue weighted by Gasteiger charge is 2.13. The van der Waals surface area contributed by atoms with Crippen LogP contribution in [0.2, 0.25) is 0 Å². The third-order valence-corrected chi connectivity index (χ3v) is 5.13. The van der Waals surface area contributed by atoms with E-state index in [0.717, 1.165) is 27.5 Å². The minimum atomic E-state index is -0.0860. The molecule has 0 saturated heterocycles. The van der Waals surface area contributed by atoms with Gasteiger partial charge in [-0.2, -0.15) is 0 Å².